The molecule has 0 aliphatic heterocycles. The van der Waals surface area contributed by atoms with E-state index in [0.717, 1.165) is 0 Å². The van der Waals surface area contributed by atoms with Crippen molar-refractivity contribution in [2.24, 2.45) is 0 Å². The van der Waals surface area contributed by atoms with E-state index >= 15 is 0 Å². The van der Waals surface area contributed by atoms with E-state index in [1.54, 1.807) is 0 Å². The number of carboxylic acids is 2. The molecule has 0 spiro atoms. The molecular formula is C12H20N2O6. The van der Waals surface area contributed by atoms with Gasteiger partial charge in [-0.25, -0.2) is 9.59 Å². The molecule has 0 saturated carbocycles. The van der Waals surface area contributed by atoms with E-state index in [-0.39, 0.29) is 12.8 Å². The summed E-state index contributed by atoms with van der Waals surface area (Å²) in [5.41, 5.74) is 0. The molecule has 8 heteroatoms. The van der Waals surface area contributed by atoms with Crippen molar-refractivity contribution in [3.05, 3.63) is 0 Å². The Morgan fingerprint density at radius 2 is 1.10 bits per heavy atom. The average molecular weight is 288 g/mol. The van der Waals surface area contributed by atoms with Crippen molar-refractivity contribution in [2.75, 3.05) is 0 Å². The predicted molar refractivity (Wildman–Crippen MR) is 68.9 cm³/mol. The Labute approximate surface area is 116 Å². The molecule has 2 amide bonds. The largest absolute Gasteiger partial charge is 0.480 e. The van der Waals surface area contributed by atoms with Crippen molar-refractivity contribution in [1.29, 1.82) is 0 Å². The lowest BCUT2D eigenvalue weighted by atomic mass is 10.0. The number of amides is 2. The van der Waals surface area contributed by atoms with Gasteiger partial charge in [-0.15, -0.1) is 0 Å². The van der Waals surface area contributed by atoms with Crippen LogP contribution in [0.15, 0.2) is 0 Å². The second-order valence-electron chi connectivity index (χ2n) is 4.47. The highest BCUT2D eigenvalue weighted by Gasteiger charge is 2.20. The van der Waals surface area contributed by atoms with E-state index in [9.17, 15) is 19.2 Å². The number of hydrogen-bond acceptors (Lipinski definition) is 4. The van der Waals surface area contributed by atoms with Crippen LogP contribution in [0.5, 0.6) is 0 Å². The predicted octanol–water partition coefficient (Wildman–Crippen LogP) is -0.275. The molecule has 4 N–H and O–H groups in total. The first-order chi connectivity index (χ1) is 9.23. The highest BCUT2D eigenvalue weighted by atomic mass is 16.4. The molecule has 0 aliphatic rings. The quantitative estimate of drug-likeness (QED) is 0.431. The van der Waals surface area contributed by atoms with Crippen molar-refractivity contribution >= 4 is 23.8 Å². The Morgan fingerprint density at radius 3 is 1.30 bits per heavy atom. The van der Waals surface area contributed by atoms with Crippen LogP contribution in [0.2, 0.25) is 0 Å². The lowest BCUT2D eigenvalue weighted by Crippen LogP contribution is -2.40. The highest BCUT2D eigenvalue weighted by Crippen LogP contribution is 2.07. The molecule has 2 atom stereocenters. The number of aliphatic carboxylic acids is 2. The average Bonchev–Trinajstić information content (AvgIpc) is 2.29. The van der Waals surface area contributed by atoms with Crippen LogP contribution in [-0.2, 0) is 19.2 Å². The first-order valence-electron chi connectivity index (χ1n) is 6.23. The molecule has 0 fully saturated rings. The van der Waals surface area contributed by atoms with Crippen LogP contribution < -0.4 is 10.6 Å². The summed E-state index contributed by atoms with van der Waals surface area (Å²) >= 11 is 0. The van der Waals surface area contributed by atoms with E-state index < -0.39 is 35.8 Å². The van der Waals surface area contributed by atoms with Crippen LogP contribution in [0.3, 0.4) is 0 Å². The second-order valence-corrected chi connectivity index (χ2v) is 4.47. The van der Waals surface area contributed by atoms with Crippen LogP contribution >= 0.6 is 0 Å². The van der Waals surface area contributed by atoms with Crippen molar-refractivity contribution in [3.63, 3.8) is 0 Å². The van der Waals surface area contributed by atoms with E-state index in [0.29, 0.717) is 12.8 Å². The van der Waals surface area contributed by atoms with E-state index in [1.165, 1.54) is 13.8 Å². The highest BCUT2D eigenvalue weighted by molar-refractivity contribution is 5.82. The molecule has 0 radical (unpaired) electrons. The summed E-state index contributed by atoms with van der Waals surface area (Å²) in [5.74, 6) is -3.12. The monoisotopic (exact) mass is 288 g/mol. The maximum Gasteiger partial charge on any atom is 0.326 e. The molecule has 0 unspecified atom stereocenters. The molecule has 0 aliphatic carbocycles. The van der Waals surface area contributed by atoms with E-state index in [4.69, 9.17) is 10.2 Å². The first kappa shape index (κ1) is 17.9. The maximum absolute atomic E-state index is 10.9. The smallest absolute Gasteiger partial charge is 0.326 e. The number of unbranched alkanes of at least 4 members (excludes halogenated alkanes) is 1. The Kier molecular flexibility index (Phi) is 7.95. The van der Waals surface area contributed by atoms with Gasteiger partial charge in [0.2, 0.25) is 11.8 Å². The standard InChI is InChI=1S/C12H20N2O6/c1-7(15)13-9(11(17)18)5-3-4-6-10(12(19)20)14-8(2)16/h9-10H,3-6H2,1-2H3,(H,13,15)(H,14,16)(H,17,18)(H,19,20)/t9-,10-/m0/s1. The molecule has 0 aromatic rings. The van der Waals surface area contributed by atoms with Crippen LogP contribution in [0, 0.1) is 0 Å². The summed E-state index contributed by atoms with van der Waals surface area (Å²) in [6.07, 6.45) is 1.28. The molecular weight excluding hydrogens is 268 g/mol. The van der Waals surface area contributed by atoms with Gasteiger partial charge in [0.15, 0.2) is 0 Å². The third kappa shape index (κ3) is 8.06. The van der Waals surface area contributed by atoms with Crippen molar-refractivity contribution in [2.45, 2.75) is 51.6 Å². The fourth-order valence-corrected chi connectivity index (χ4v) is 1.70. The summed E-state index contributed by atoms with van der Waals surface area (Å²) in [4.78, 5) is 43.3. The third-order valence-electron chi connectivity index (χ3n) is 2.59. The molecule has 114 valence electrons. The Balaban J connectivity index is 4.13. The minimum Gasteiger partial charge on any atom is -0.480 e. The fourth-order valence-electron chi connectivity index (χ4n) is 1.70. The zero-order chi connectivity index (χ0) is 15.7. The van der Waals surface area contributed by atoms with Gasteiger partial charge < -0.3 is 20.8 Å². The molecule has 0 rings (SSSR count). The molecule has 0 aromatic carbocycles. The van der Waals surface area contributed by atoms with Gasteiger partial charge in [-0.3, -0.25) is 9.59 Å². The number of rotatable bonds is 9. The van der Waals surface area contributed by atoms with Crippen molar-refractivity contribution in [3.8, 4) is 0 Å². The second kappa shape index (κ2) is 8.89. The van der Waals surface area contributed by atoms with Gasteiger partial charge in [-0.1, -0.05) is 12.8 Å². The number of hydrogen-bond donors (Lipinski definition) is 4. The van der Waals surface area contributed by atoms with Gasteiger partial charge in [-0.2, -0.15) is 0 Å². The van der Waals surface area contributed by atoms with Gasteiger partial charge in [0.05, 0.1) is 0 Å². The first-order valence-corrected chi connectivity index (χ1v) is 6.23. The zero-order valence-electron chi connectivity index (χ0n) is 11.5. The summed E-state index contributed by atoms with van der Waals surface area (Å²) < 4.78 is 0. The van der Waals surface area contributed by atoms with Crippen LogP contribution in [0.1, 0.15) is 39.5 Å². The molecule has 20 heavy (non-hydrogen) atoms. The number of nitrogens with one attached hydrogen (secondary N) is 2. The number of carbonyl (C=O) groups excluding carboxylic acids is 2. The van der Waals surface area contributed by atoms with Gasteiger partial charge in [0, 0.05) is 13.8 Å². The molecule has 8 nitrogen and oxygen atoms in total. The van der Waals surface area contributed by atoms with Gasteiger partial charge >= 0.3 is 11.9 Å². The topological polar surface area (TPSA) is 133 Å². The summed E-state index contributed by atoms with van der Waals surface area (Å²) in [7, 11) is 0. The fraction of sp³-hybridized carbons (Fsp3) is 0.667. The molecule has 0 saturated heterocycles. The third-order valence-corrected chi connectivity index (χ3v) is 2.59. The van der Waals surface area contributed by atoms with Crippen LogP contribution in [-0.4, -0.2) is 46.0 Å². The van der Waals surface area contributed by atoms with Crippen molar-refractivity contribution in [1.82, 2.24) is 10.6 Å². The van der Waals surface area contributed by atoms with Gasteiger partial charge in [0.25, 0.3) is 0 Å². The normalized spacial score (nSPS) is 13.1. The molecule has 0 heterocycles. The number of carboxylic acid groups (broad SMARTS) is 2. The van der Waals surface area contributed by atoms with Gasteiger partial charge in [0.1, 0.15) is 12.1 Å². The lowest BCUT2D eigenvalue weighted by molar-refractivity contribution is -0.142. The molecule has 0 bridgehead atoms. The number of carbonyl (C=O) groups is 4. The van der Waals surface area contributed by atoms with Crippen LogP contribution in [0.25, 0.3) is 0 Å². The Morgan fingerprint density at radius 1 is 0.800 bits per heavy atom. The van der Waals surface area contributed by atoms with Crippen molar-refractivity contribution < 1.29 is 29.4 Å². The minimum atomic E-state index is -1.13. The Hall–Kier alpha value is -2.12. The summed E-state index contributed by atoms with van der Waals surface area (Å²) in [5, 5.41) is 22.3. The van der Waals surface area contributed by atoms with Gasteiger partial charge in [-0.05, 0) is 12.8 Å². The SMILES string of the molecule is CC(=O)N[C@@H](CCCC[C@H](NC(C)=O)C(=O)O)C(=O)O. The summed E-state index contributed by atoms with van der Waals surface area (Å²) in [6, 6.07) is -1.95. The summed E-state index contributed by atoms with van der Waals surface area (Å²) in [6.45, 7) is 2.46. The Bertz CT molecular complexity index is 346. The lowest BCUT2D eigenvalue weighted by Gasteiger charge is -2.15. The molecule has 0 aromatic heterocycles. The van der Waals surface area contributed by atoms with E-state index in [2.05, 4.69) is 10.6 Å². The minimum absolute atomic E-state index is 0.210. The maximum atomic E-state index is 10.9. The van der Waals surface area contributed by atoms with E-state index in [1.807, 2.05) is 0 Å². The zero-order valence-corrected chi connectivity index (χ0v) is 11.5. The van der Waals surface area contributed by atoms with Crippen LogP contribution in [0.4, 0.5) is 0 Å².